The number of nitrogens with zero attached hydrogens (tertiary/aromatic N) is 2. The second-order valence-electron chi connectivity index (χ2n) is 4.08. The maximum absolute atomic E-state index is 12.3. The van der Waals surface area contributed by atoms with Crippen LogP contribution in [0.25, 0.3) is 16.7 Å². The molecule has 0 unspecified atom stereocenters. The molecule has 5 nitrogen and oxygen atoms in total. The molecule has 2 heterocycles. The Hall–Kier alpha value is -2.56. The fraction of sp³-hybridized carbons (Fsp3) is 0.143. The van der Waals surface area contributed by atoms with Gasteiger partial charge in [0.1, 0.15) is 17.6 Å². The molecule has 0 atom stereocenters. The van der Waals surface area contributed by atoms with Gasteiger partial charge in [0.15, 0.2) is 0 Å². The summed E-state index contributed by atoms with van der Waals surface area (Å²) >= 11 is 0. The Morgan fingerprint density at radius 2 is 2.05 bits per heavy atom. The lowest BCUT2D eigenvalue weighted by atomic mass is 10.3. The van der Waals surface area contributed by atoms with Gasteiger partial charge in [-0.2, -0.15) is 0 Å². The lowest BCUT2D eigenvalue weighted by Crippen LogP contribution is -2.18. The van der Waals surface area contributed by atoms with Crippen molar-refractivity contribution in [3.8, 4) is 11.4 Å². The smallest absolute Gasteiger partial charge is 0.282 e. The van der Waals surface area contributed by atoms with Crippen LogP contribution in [0, 0.1) is 0 Å². The number of fused-ring (bicyclic) bond motifs is 1. The molecular weight excluding hydrogens is 242 g/mol. The van der Waals surface area contributed by atoms with Gasteiger partial charge < -0.3 is 9.72 Å². The van der Waals surface area contributed by atoms with Crippen molar-refractivity contribution >= 4 is 11.0 Å². The summed E-state index contributed by atoms with van der Waals surface area (Å²) < 4.78 is 6.88. The minimum atomic E-state index is -0.112. The first-order valence-electron chi connectivity index (χ1n) is 6.07. The van der Waals surface area contributed by atoms with Gasteiger partial charge in [-0.15, -0.1) is 0 Å². The Kier molecular flexibility index (Phi) is 2.79. The number of hydrogen-bond donors (Lipinski definition) is 1. The number of rotatable bonds is 3. The van der Waals surface area contributed by atoms with Crippen LogP contribution in [-0.4, -0.2) is 21.1 Å². The average molecular weight is 255 g/mol. The molecule has 0 aliphatic rings. The van der Waals surface area contributed by atoms with Crippen molar-refractivity contribution in [3.05, 3.63) is 53.2 Å². The summed E-state index contributed by atoms with van der Waals surface area (Å²) in [6.07, 6.45) is 3.25. The molecule has 0 radical (unpaired) electrons. The van der Waals surface area contributed by atoms with Crippen LogP contribution in [0.15, 0.2) is 47.7 Å². The third kappa shape index (κ3) is 1.99. The highest BCUT2D eigenvalue weighted by Crippen LogP contribution is 2.14. The SMILES string of the molecule is CCOc1ccc(-n2cnc3cc[nH]c3c2=O)cc1. The summed E-state index contributed by atoms with van der Waals surface area (Å²) in [5.41, 5.74) is 1.83. The number of benzene rings is 1. The molecule has 0 fully saturated rings. The van der Waals surface area contributed by atoms with Gasteiger partial charge in [-0.05, 0) is 37.3 Å². The van der Waals surface area contributed by atoms with Crippen LogP contribution in [0.4, 0.5) is 0 Å². The minimum Gasteiger partial charge on any atom is -0.494 e. The third-order valence-electron chi connectivity index (χ3n) is 2.90. The van der Waals surface area contributed by atoms with E-state index in [-0.39, 0.29) is 5.56 Å². The van der Waals surface area contributed by atoms with Gasteiger partial charge in [-0.3, -0.25) is 9.36 Å². The van der Waals surface area contributed by atoms with Crippen LogP contribution in [0.3, 0.4) is 0 Å². The van der Waals surface area contributed by atoms with Crippen LogP contribution in [0.5, 0.6) is 5.75 Å². The van der Waals surface area contributed by atoms with E-state index in [1.165, 1.54) is 10.9 Å². The molecule has 0 bridgehead atoms. The van der Waals surface area contributed by atoms with Gasteiger partial charge in [0, 0.05) is 6.20 Å². The fourth-order valence-electron chi connectivity index (χ4n) is 1.99. The quantitative estimate of drug-likeness (QED) is 0.779. The highest BCUT2D eigenvalue weighted by Gasteiger charge is 2.06. The van der Waals surface area contributed by atoms with Gasteiger partial charge in [-0.25, -0.2) is 4.98 Å². The van der Waals surface area contributed by atoms with Gasteiger partial charge in [0.25, 0.3) is 5.56 Å². The molecule has 1 aromatic carbocycles. The van der Waals surface area contributed by atoms with Crippen molar-refractivity contribution < 1.29 is 4.74 Å². The summed E-state index contributed by atoms with van der Waals surface area (Å²) in [4.78, 5) is 19.4. The maximum atomic E-state index is 12.3. The van der Waals surface area contributed by atoms with Gasteiger partial charge in [0.05, 0.1) is 17.8 Å². The highest BCUT2D eigenvalue weighted by atomic mass is 16.5. The van der Waals surface area contributed by atoms with Crippen LogP contribution >= 0.6 is 0 Å². The first-order chi connectivity index (χ1) is 9.29. The molecule has 0 spiro atoms. The van der Waals surface area contributed by atoms with Crippen LogP contribution in [0.2, 0.25) is 0 Å². The summed E-state index contributed by atoms with van der Waals surface area (Å²) in [6.45, 7) is 2.55. The van der Waals surface area contributed by atoms with E-state index in [0.29, 0.717) is 17.6 Å². The first-order valence-corrected chi connectivity index (χ1v) is 6.07. The maximum Gasteiger partial charge on any atom is 0.282 e. The van der Waals surface area contributed by atoms with E-state index in [1.54, 1.807) is 12.3 Å². The topological polar surface area (TPSA) is 59.9 Å². The Morgan fingerprint density at radius 1 is 1.26 bits per heavy atom. The molecule has 3 aromatic rings. The fourth-order valence-corrected chi connectivity index (χ4v) is 1.99. The summed E-state index contributed by atoms with van der Waals surface area (Å²) in [5, 5.41) is 0. The number of hydrogen-bond acceptors (Lipinski definition) is 3. The van der Waals surface area contributed by atoms with Crippen molar-refractivity contribution in [2.45, 2.75) is 6.92 Å². The molecule has 0 saturated carbocycles. The lowest BCUT2D eigenvalue weighted by molar-refractivity contribution is 0.340. The molecule has 0 aliphatic heterocycles. The molecule has 1 N–H and O–H groups in total. The van der Waals surface area contributed by atoms with E-state index in [1.807, 2.05) is 31.2 Å². The van der Waals surface area contributed by atoms with Crippen LogP contribution in [0.1, 0.15) is 6.92 Å². The van der Waals surface area contributed by atoms with Crippen LogP contribution in [-0.2, 0) is 0 Å². The zero-order chi connectivity index (χ0) is 13.2. The molecular formula is C14H13N3O2. The highest BCUT2D eigenvalue weighted by molar-refractivity contribution is 5.73. The third-order valence-corrected chi connectivity index (χ3v) is 2.90. The van der Waals surface area contributed by atoms with Crippen molar-refractivity contribution in [2.24, 2.45) is 0 Å². The van der Waals surface area contributed by atoms with E-state index < -0.39 is 0 Å². The number of ether oxygens (including phenoxy) is 1. The average Bonchev–Trinajstić information content (AvgIpc) is 2.90. The summed E-state index contributed by atoms with van der Waals surface area (Å²) in [6, 6.07) is 9.12. The van der Waals surface area contributed by atoms with Crippen LogP contribution < -0.4 is 10.3 Å². The molecule has 5 heteroatoms. The number of aromatic amines is 1. The van der Waals surface area contributed by atoms with Crippen molar-refractivity contribution in [1.29, 1.82) is 0 Å². The molecule has 19 heavy (non-hydrogen) atoms. The van der Waals surface area contributed by atoms with E-state index in [4.69, 9.17) is 4.74 Å². The van der Waals surface area contributed by atoms with E-state index in [2.05, 4.69) is 9.97 Å². The number of aromatic nitrogens is 3. The van der Waals surface area contributed by atoms with Crippen molar-refractivity contribution in [2.75, 3.05) is 6.61 Å². The molecule has 96 valence electrons. The Labute approximate surface area is 109 Å². The molecule has 0 amide bonds. The second kappa shape index (κ2) is 4.61. The largest absolute Gasteiger partial charge is 0.494 e. The van der Waals surface area contributed by atoms with E-state index in [9.17, 15) is 4.79 Å². The van der Waals surface area contributed by atoms with E-state index in [0.717, 1.165) is 11.4 Å². The lowest BCUT2D eigenvalue weighted by Gasteiger charge is -2.07. The summed E-state index contributed by atoms with van der Waals surface area (Å²) in [5.74, 6) is 0.785. The first kappa shape index (κ1) is 11.5. The normalized spacial score (nSPS) is 10.8. The van der Waals surface area contributed by atoms with Gasteiger partial charge in [0.2, 0.25) is 0 Å². The minimum absolute atomic E-state index is 0.112. The van der Waals surface area contributed by atoms with Crippen molar-refractivity contribution in [1.82, 2.24) is 14.5 Å². The van der Waals surface area contributed by atoms with Gasteiger partial charge in [-0.1, -0.05) is 0 Å². The second-order valence-corrected chi connectivity index (χ2v) is 4.08. The summed E-state index contributed by atoms with van der Waals surface area (Å²) in [7, 11) is 0. The Balaban J connectivity index is 2.08. The van der Waals surface area contributed by atoms with E-state index >= 15 is 0 Å². The number of nitrogens with one attached hydrogen (secondary N) is 1. The zero-order valence-electron chi connectivity index (χ0n) is 10.5. The van der Waals surface area contributed by atoms with Gasteiger partial charge >= 0.3 is 0 Å². The zero-order valence-corrected chi connectivity index (χ0v) is 10.5. The molecule has 3 rings (SSSR count). The predicted octanol–water partition coefficient (Wildman–Crippen LogP) is 2.11. The predicted molar refractivity (Wildman–Crippen MR) is 72.9 cm³/mol. The molecule has 2 aromatic heterocycles. The standard InChI is InChI=1S/C14H13N3O2/c1-2-19-11-5-3-10(4-6-11)17-9-16-12-7-8-15-13(12)14(17)18/h3-9,15H,2H2,1H3. The number of H-pyrrole nitrogens is 1. The Morgan fingerprint density at radius 3 is 2.79 bits per heavy atom. The Bertz CT molecular complexity index is 756. The van der Waals surface area contributed by atoms with Crippen molar-refractivity contribution in [3.63, 3.8) is 0 Å². The monoisotopic (exact) mass is 255 g/mol. The molecule has 0 saturated heterocycles. The molecule has 0 aliphatic carbocycles.